The summed E-state index contributed by atoms with van der Waals surface area (Å²) in [5.41, 5.74) is 1.07. The van der Waals surface area contributed by atoms with Gasteiger partial charge >= 0.3 is 0 Å². The van der Waals surface area contributed by atoms with Gasteiger partial charge in [0.05, 0.1) is 0 Å². The van der Waals surface area contributed by atoms with Crippen LogP contribution in [0.4, 0.5) is 0 Å². The Labute approximate surface area is 83.9 Å². The smallest absolute Gasteiger partial charge is 0.00141 e. The summed E-state index contributed by atoms with van der Waals surface area (Å²) in [4.78, 5) is 1.38. The first-order valence-electron chi connectivity index (χ1n) is 4.16. The fraction of sp³-hybridized carbons (Fsp3) is 0.0833. The van der Waals surface area contributed by atoms with Gasteiger partial charge in [-0.15, -0.1) is 11.3 Å². The van der Waals surface area contributed by atoms with Crippen molar-refractivity contribution in [1.82, 2.24) is 0 Å². The molecular weight excluding hydrogens is 176 g/mol. The molecule has 1 aromatic heterocycles. The summed E-state index contributed by atoms with van der Waals surface area (Å²) in [6.45, 7) is 5.82. The van der Waals surface area contributed by atoms with Crippen LogP contribution in [0.5, 0.6) is 0 Å². The van der Waals surface area contributed by atoms with Crippen LogP contribution in [0.3, 0.4) is 0 Å². The SMILES string of the molecule is Cc1cccs1.[CH2]c1ccccc1. The molecule has 0 aliphatic rings. The van der Waals surface area contributed by atoms with Gasteiger partial charge in [0.15, 0.2) is 0 Å². The molecule has 0 aliphatic heterocycles. The molecule has 1 radical (unpaired) electrons. The zero-order valence-corrected chi connectivity index (χ0v) is 8.55. The molecule has 1 heterocycles. The van der Waals surface area contributed by atoms with E-state index in [1.54, 1.807) is 11.3 Å². The fourth-order valence-electron chi connectivity index (χ4n) is 0.839. The molecule has 0 amide bonds. The average Bonchev–Trinajstić information content (AvgIpc) is 2.58. The number of aryl methyl sites for hydroxylation is 1. The maximum absolute atomic E-state index is 3.72. The molecule has 0 unspecified atom stereocenters. The summed E-state index contributed by atoms with van der Waals surface area (Å²) in [7, 11) is 0. The van der Waals surface area contributed by atoms with Crippen molar-refractivity contribution in [3.63, 3.8) is 0 Å². The van der Waals surface area contributed by atoms with Gasteiger partial charge in [-0.1, -0.05) is 36.4 Å². The molecule has 0 fully saturated rings. The molecule has 0 bridgehead atoms. The lowest BCUT2D eigenvalue weighted by molar-refractivity contribution is 1.62. The number of thiophene rings is 1. The van der Waals surface area contributed by atoms with E-state index in [2.05, 4.69) is 31.4 Å². The number of hydrogen-bond acceptors (Lipinski definition) is 1. The second kappa shape index (κ2) is 5.55. The molecule has 0 nitrogen and oxygen atoms in total. The van der Waals surface area contributed by atoms with Crippen molar-refractivity contribution >= 4 is 11.3 Å². The zero-order valence-electron chi connectivity index (χ0n) is 7.73. The quantitative estimate of drug-likeness (QED) is 0.589. The van der Waals surface area contributed by atoms with Crippen LogP contribution in [-0.2, 0) is 0 Å². The highest BCUT2D eigenvalue weighted by molar-refractivity contribution is 7.09. The highest BCUT2D eigenvalue weighted by Gasteiger charge is 1.74. The van der Waals surface area contributed by atoms with Gasteiger partial charge in [0, 0.05) is 4.88 Å². The third kappa shape index (κ3) is 4.48. The third-order valence-corrected chi connectivity index (χ3v) is 2.31. The van der Waals surface area contributed by atoms with E-state index in [0.717, 1.165) is 5.56 Å². The van der Waals surface area contributed by atoms with Gasteiger partial charge in [-0.25, -0.2) is 0 Å². The maximum atomic E-state index is 3.72. The topological polar surface area (TPSA) is 0 Å². The Bertz CT molecular complexity index is 308. The number of rotatable bonds is 0. The molecule has 0 atom stereocenters. The van der Waals surface area contributed by atoms with Crippen molar-refractivity contribution in [2.24, 2.45) is 0 Å². The molecule has 13 heavy (non-hydrogen) atoms. The highest BCUT2D eigenvalue weighted by atomic mass is 32.1. The monoisotopic (exact) mass is 189 g/mol. The van der Waals surface area contributed by atoms with E-state index in [-0.39, 0.29) is 0 Å². The van der Waals surface area contributed by atoms with E-state index in [9.17, 15) is 0 Å². The first-order valence-corrected chi connectivity index (χ1v) is 5.04. The van der Waals surface area contributed by atoms with E-state index in [0.29, 0.717) is 0 Å². The van der Waals surface area contributed by atoms with Crippen molar-refractivity contribution in [3.05, 3.63) is 65.2 Å². The van der Waals surface area contributed by atoms with Gasteiger partial charge in [0.1, 0.15) is 0 Å². The van der Waals surface area contributed by atoms with Crippen molar-refractivity contribution < 1.29 is 0 Å². The molecule has 0 saturated heterocycles. The minimum atomic E-state index is 1.07. The van der Waals surface area contributed by atoms with E-state index < -0.39 is 0 Å². The van der Waals surface area contributed by atoms with Crippen LogP contribution in [0, 0.1) is 13.8 Å². The van der Waals surface area contributed by atoms with E-state index in [4.69, 9.17) is 0 Å². The van der Waals surface area contributed by atoms with Crippen molar-refractivity contribution in [3.8, 4) is 0 Å². The Morgan fingerprint density at radius 3 is 1.92 bits per heavy atom. The summed E-state index contributed by atoms with van der Waals surface area (Å²) in [6.07, 6.45) is 0. The summed E-state index contributed by atoms with van der Waals surface area (Å²) >= 11 is 1.78. The average molecular weight is 189 g/mol. The lowest BCUT2D eigenvalue weighted by atomic mass is 10.2. The third-order valence-electron chi connectivity index (χ3n) is 1.51. The minimum Gasteiger partial charge on any atom is -0.149 e. The summed E-state index contributed by atoms with van der Waals surface area (Å²) in [5.74, 6) is 0. The van der Waals surface area contributed by atoms with Gasteiger partial charge in [-0.3, -0.25) is 0 Å². The van der Waals surface area contributed by atoms with E-state index in [1.807, 2.05) is 30.3 Å². The van der Waals surface area contributed by atoms with Gasteiger partial charge in [-0.05, 0) is 30.9 Å². The normalized spacial score (nSPS) is 8.77. The number of benzene rings is 1. The molecule has 0 saturated carbocycles. The Morgan fingerprint density at radius 1 is 1.00 bits per heavy atom. The highest BCUT2D eigenvalue weighted by Crippen LogP contribution is 2.03. The van der Waals surface area contributed by atoms with Crippen molar-refractivity contribution in [2.45, 2.75) is 6.92 Å². The molecule has 0 N–H and O–H groups in total. The molecule has 0 aliphatic carbocycles. The van der Waals surface area contributed by atoms with Crippen LogP contribution >= 0.6 is 11.3 Å². The fourth-order valence-corrected chi connectivity index (χ4v) is 1.37. The summed E-state index contributed by atoms with van der Waals surface area (Å²) < 4.78 is 0. The van der Waals surface area contributed by atoms with Gasteiger partial charge < -0.3 is 0 Å². The van der Waals surface area contributed by atoms with Crippen molar-refractivity contribution in [1.29, 1.82) is 0 Å². The lowest BCUT2D eigenvalue weighted by Gasteiger charge is -1.82. The van der Waals surface area contributed by atoms with Crippen LogP contribution in [0.25, 0.3) is 0 Å². The summed E-state index contributed by atoms with van der Waals surface area (Å²) in [6, 6.07) is 14.0. The maximum Gasteiger partial charge on any atom is 0.00141 e. The molecule has 2 rings (SSSR count). The molecule has 1 heteroatoms. The number of hydrogen-bond donors (Lipinski definition) is 0. The van der Waals surface area contributed by atoms with E-state index in [1.165, 1.54) is 4.88 Å². The Balaban J connectivity index is 0.000000132. The Kier molecular flexibility index (Phi) is 4.27. The first-order chi connectivity index (χ1) is 6.29. The molecule has 0 spiro atoms. The van der Waals surface area contributed by atoms with Gasteiger partial charge in [0.25, 0.3) is 0 Å². The standard InChI is InChI=1S/C7H7.C5H6S/c1-7-5-3-2-4-6-7;1-5-3-2-4-6-5/h2-6H,1H2;2-4H,1H3. The first kappa shape index (κ1) is 10.0. The molecule has 67 valence electrons. The summed E-state index contributed by atoms with van der Waals surface area (Å²) in [5, 5.41) is 2.08. The molecule has 2 aromatic rings. The van der Waals surface area contributed by atoms with Gasteiger partial charge in [0.2, 0.25) is 0 Å². The molecular formula is C12H13S. The minimum absolute atomic E-state index is 1.07. The van der Waals surface area contributed by atoms with Crippen LogP contribution < -0.4 is 0 Å². The van der Waals surface area contributed by atoms with Crippen LogP contribution in [0.2, 0.25) is 0 Å². The van der Waals surface area contributed by atoms with Crippen LogP contribution in [0.15, 0.2) is 47.8 Å². The lowest BCUT2D eigenvalue weighted by Crippen LogP contribution is -1.62. The van der Waals surface area contributed by atoms with Crippen molar-refractivity contribution in [2.75, 3.05) is 0 Å². The largest absolute Gasteiger partial charge is 0.149 e. The Morgan fingerprint density at radius 2 is 1.69 bits per heavy atom. The van der Waals surface area contributed by atoms with Crippen LogP contribution in [0.1, 0.15) is 10.4 Å². The zero-order chi connectivity index (χ0) is 9.52. The second-order valence-corrected chi connectivity index (χ2v) is 3.86. The Hall–Kier alpha value is -1.08. The predicted octanol–water partition coefficient (Wildman–Crippen LogP) is 3.93. The van der Waals surface area contributed by atoms with Crippen LogP contribution in [-0.4, -0.2) is 0 Å². The molecule has 1 aromatic carbocycles. The second-order valence-electron chi connectivity index (χ2n) is 2.71. The van der Waals surface area contributed by atoms with Gasteiger partial charge in [-0.2, -0.15) is 0 Å². The van der Waals surface area contributed by atoms with E-state index >= 15 is 0 Å². The predicted molar refractivity (Wildman–Crippen MR) is 60.0 cm³/mol.